The van der Waals surface area contributed by atoms with Gasteiger partial charge in [0, 0.05) is 17.6 Å². The second-order valence-corrected chi connectivity index (χ2v) is 7.08. The second kappa shape index (κ2) is 6.85. The van der Waals surface area contributed by atoms with Crippen molar-refractivity contribution >= 4 is 10.8 Å². The number of rotatable bonds is 3. The summed E-state index contributed by atoms with van der Waals surface area (Å²) in [5, 5.41) is 1.78. The average Bonchev–Trinajstić information content (AvgIpc) is 2.64. The molecular weight excluding hydrogens is 308 g/mol. The first-order chi connectivity index (χ1) is 12.2. The van der Waals surface area contributed by atoms with E-state index < -0.39 is 0 Å². The number of aryl methyl sites for hydroxylation is 1. The molecule has 2 heterocycles. The Morgan fingerprint density at radius 2 is 1.72 bits per heavy atom. The van der Waals surface area contributed by atoms with Crippen LogP contribution in [0.25, 0.3) is 22.0 Å². The topological polar surface area (TPSA) is 36.1 Å². The Bertz CT molecular complexity index is 934. The highest BCUT2D eigenvalue weighted by Gasteiger charge is 2.11. The van der Waals surface area contributed by atoms with E-state index >= 15 is 0 Å². The van der Waals surface area contributed by atoms with Gasteiger partial charge in [-0.25, -0.2) is 0 Å². The van der Waals surface area contributed by atoms with Gasteiger partial charge in [0.15, 0.2) is 0 Å². The Balaban J connectivity index is 1.62. The highest BCUT2D eigenvalue weighted by Crippen LogP contribution is 2.23. The number of benzene rings is 2. The van der Waals surface area contributed by atoms with Crippen molar-refractivity contribution in [3.63, 3.8) is 0 Å². The summed E-state index contributed by atoms with van der Waals surface area (Å²) in [6.07, 6.45) is 4.00. The summed E-state index contributed by atoms with van der Waals surface area (Å²) in [5.74, 6) is 0. The summed E-state index contributed by atoms with van der Waals surface area (Å²) in [4.78, 5) is 17.9. The van der Waals surface area contributed by atoms with Gasteiger partial charge in [-0.3, -0.25) is 9.69 Å². The van der Waals surface area contributed by atoms with Gasteiger partial charge in [0.2, 0.25) is 0 Å². The number of hydrogen-bond acceptors (Lipinski definition) is 2. The van der Waals surface area contributed by atoms with Crippen LogP contribution in [-0.2, 0) is 6.54 Å². The molecule has 1 aromatic heterocycles. The number of aromatic amines is 1. The quantitative estimate of drug-likeness (QED) is 0.767. The van der Waals surface area contributed by atoms with Gasteiger partial charge in [-0.15, -0.1) is 0 Å². The molecule has 3 heteroatoms. The summed E-state index contributed by atoms with van der Waals surface area (Å²) in [5.41, 5.74) is 4.39. The lowest BCUT2D eigenvalue weighted by Crippen LogP contribution is -2.29. The highest BCUT2D eigenvalue weighted by molar-refractivity contribution is 5.87. The number of likely N-dealkylation sites (tertiary alicyclic amines) is 1. The number of nitrogens with zero attached hydrogens (tertiary/aromatic N) is 1. The predicted octanol–water partition coefficient (Wildman–Crippen LogP) is 4.49. The van der Waals surface area contributed by atoms with Crippen LogP contribution in [0.2, 0.25) is 0 Å². The Morgan fingerprint density at radius 3 is 2.48 bits per heavy atom. The predicted molar refractivity (Wildman–Crippen MR) is 104 cm³/mol. The number of H-pyrrole nitrogens is 1. The molecule has 1 fully saturated rings. The number of pyridine rings is 1. The number of fused-ring (bicyclic) bond motifs is 1. The fraction of sp³-hybridized carbons (Fsp3) is 0.318. The maximum absolute atomic E-state index is 12.4. The standard InChI is InChI=1S/C22H24N2O/c1-16-6-5-7-19-20(16)14-21(23-22(19)25)18-10-8-17(9-11-18)15-24-12-3-2-4-13-24/h5-11,14H,2-4,12-13,15H2,1H3,(H,23,25). The van der Waals surface area contributed by atoms with Crippen LogP contribution in [-0.4, -0.2) is 23.0 Å². The molecule has 0 bridgehead atoms. The van der Waals surface area contributed by atoms with Gasteiger partial charge in [0.1, 0.15) is 0 Å². The Morgan fingerprint density at radius 1 is 0.960 bits per heavy atom. The van der Waals surface area contributed by atoms with E-state index in [2.05, 4.69) is 40.2 Å². The van der Waals surface area contributed by atoms with Gasteiger partial charge < -0.3 is 4.98 Å². The molecule has 2 aromatic carbocycles. The summed E-state index contributed by atoms with van der Waals surface area (Å²) < 4.78 is 0. The molecule has 0 aliphatic carbocycles. The van der Waals surface area contributed by atoms with Crippen LogP contribution in [0.15, 0.2) is 53.3 Å². The summed E-state index contributed by atoms with van der Waals surface area (Å²) in [6, 6.07) is 16.6. The summed E-state index contributed by atoms with van der Waals surface area (Å²) in [6.45, 7) is 5.49. The van der Waals surface area contributed by atoms with Crippen molar-refractivity contribution in [3.05, 3.63) is 70.0 Å². The average molecular weight is 332 g/mol. The third-order valence-corrected chi connectivity index (χ3v) is 5.23. The van der Waals surface area contributed by atoms with Gasteiger partial charge in [-0.1, -0.05) is 42.8 Å². The lowest BCUT2D eigenvalue weighted by Gasteiger charge is -2.26. The maximum Gasteiger partial charge on any atom is 0.256 e. The summed E-state index contributed by atoms with van der Waals surface area (Å²) in [7, 11) is 0. The normalized spacial score (nSPS) is 15.6. The highest BCUT2D eigenvalue weighted by atomic mass is 16.1. The third kappa shape index (κ3) is 3.38. The van der Waals surface area contributed by atoms with Crippen LogP contribution in [0.3, 0.4) is 0 Å². The Kier molecular flexibility index (Phi) is 4.41. The van der Waals surface area contributed by atoms with Crippen LogP contribution in [0.1, 0.15) is 30.4 Å². The second-order valence-electron chi connectivity index (χ2n) is 7.08. The molecule has 0 spiro atoms. The lowest BCUT2D eigenvalue weighted by molar-refractivity contribution is 0.221. The minimum atomic E-state index is -0.0198. The molecule has 25 heavy (non-hydrogen) atoms. The molecular formula is C22H24N2O. The monoisotopic (exact) mass is 332 g/mol. The number of hydrogen-bond donors (Lipinski definition) is 1. The van der Waals surface area contributed by atoms with E-state index in [-0.39, 0.29) is 5.56 Å². The zero-order valence-electron chi connectivity index (χ0n) is 14.7. The molecule has 0 saturated carbocycles. The fourth-order valence-corrected chi connectivity index (χ4v) is 3.76. The first-order valence-electron chi connectivity index (χ1n) is 9.15. The van der Waals surface area contributed by atoms with E-state index in [4.69, 9.17) is 0 Å². The van der Waals surface area contributed by atoms with Crippen molar-refractivity contribution in [2.45, 2.75) is 32.7 Å². The van der Waals surface area contributed by atoms with E-state index in [1.54, 1.807) is 0 Å². The maximum atomic E-state index is 12.4. The minimum absolute atomic E-state index is 0.0198. The molecule has 128 valence electrons. The molecule has 1 saturated heterocycles. The van der Waals surface area contributed by atoms with E-state index in [0.29, 0.717) is 0 Å². The Labute approximate surface area is 148 Å². The number of aromatic nitrogens is 1. The fourth-order valence-electron chi connectivity index (χ4n) is 3.76. The zero-order valence-corrected chi connectivity index (χ0v) is 14.7. The van der Waals surface area contributed by atoms with E-state index in [0.717, 1.165) is 34.1 Å². The van der Waals surface area contributed by atoms with E-state index in [1.807, 2.05) is 25.1 Å². The minimum Gasteiger partial charge on any atom is -0.321 e. The van der Waals surface area contributed by atoms with Gasteiger partial charge >= 0.3 is 0 Å². The van der Waals surface area contributed by atoms with E-state index in [9.17, 15) is 4.79 Å². The number of nitrogens with one attached hydrogen (secondary N) is 1. The van der Waals surface area contributed by atoms with Crippen molar-refractivity contribution in [3.8, 4) is 11.3 Å². The number of piperidine rings is 1. The Hall–Kier alpha value is -2.39. The van der Waals surface area contributed by atoms with Gasteiger partial charge in [0.25, 0.3) is 5.56 Å². The smallest absolute Gasteiger partial charge is 0.256 e. The van der Waals surface area contributed by atoms with Gasteiger partial charge in [-0.05, 0) is 67.1 Å². The van der Waals surface area contributed by atoms with Crippen molar-refractivity contribution < 1.29 is 0 Å². The van der Waals surface area contributed by atoms with Crippen molar-refractivity contribution in [2.75, 3.05) is 13.1 Å². The molecule has 3 nitrogen and oxygen atoms in total. The van der Waals surface area contributed by atoms with Crippen molar-refractivity contribution in [2.24, 2.45) is 0 Å². The van der Waals surface area contributed by atoms with Crippen LogP contribution >= 0.6 is 0 Å². The van der Waals surface area contributed by atoms with Crippen LogP contribution < -0.4 is 5.56 Å². The first-order valence-corrected chi connectivity index (χ1v) is 9.15. The van der Waals surface area contributed by atoms with Crippen LogP contribution in [0.4, 0.5) is 0 Å². The molecule has 4 rings (SSSR count). The molecule has 0 unspecified atom stereocenters. The molecule has 1 aliphatic rings. The van der Waals surface area contributed by atoms with Crippen LogP contribution in [0.5, 0.6) is 0 Å². The molecule has 1 N–H and O–H groups in total. The van der Waals surface area contributed by atoms with Gasteiger partial charge in [-0.2, -0.15) is 0 Å². The lowest BCUT2D eigenvalue weighted by atomic mass is 10.0. The van der Waals surface area contributed by atoms with Gasteiger partial charge in [0.05, 0.1) is 0 Å². The molecule has 0 radical (unpaired) electrons. The third-order valence-electron chi connectivity index (χ3n) is 5.23. The molecule has 0 amide bonds. The van der Waals surface area contributed by atoms with Crippen molar-refractivity contribution in [1.29, 1.82) is 0 Å². The SMILES string of the molecule is Cc1cccc2c(=O)[nH]c(-c3ccc(CN4CCCCC4)cc3)cc12. The van der Waals surface area contributed by atoms with Crippen molar-refractivity contribution in [1.82, 2.24) is 9.88 Å². The summed E-state index contributed by atoms with van der Waals surface area (Å²) >= 11 is 0. The molecule has 3 aromatic rings. The van der Waals surface area contributed by atoms with Crippen LogP contribution in [0, 0.1) is 6.92 Å². The molecule has 0 atom stereocenters. The first kappa shape index (κ1) is 16.1. The zero-order chi connectivity index (χ0) is 17.2. The largest absolute Gasteiger partial charge is 0.321 e. The van der Waals surface area contributed by atoms with E-state index in [1.165, 1.54) is 37.9 Å². The molecule has 1 aliphatic heterocycles.